The van der Waals surface area contributed by atoms with E-state index in [-0.39, 0.29) is 24.5 Å². The summed E-state index contributed by atoms with van der Waals surface area (Å²) in [6, 6.07) is 13.1. The molecular formula is C27H35NO7. The largest absolute Gasteiger partial charge is 0.493 e. The van der Waals surface area contributed by atoms with E-state index >= 15 is 0 Å². The number of cyclic esters (lactones) is 1. The number of hydrogen-bond acceptors (Lipinski definition) is 7. The molecule has 3 rings (SSSR count). The molecule has 2 aromatic carbocycles. The molecule has 1 amide bonds. The lowest BCUT2D eigenvalue weighted by Crippen LogP contribution is -2.46. The Morgan fingerprint density at radius 2 is 1.71 bits per heavy atom. The summed E-state index contributed by atoms with van der Waals surface area (Å²) in [6.07, 6.45) is 0.357. The van der Waals surface area contributed by atoms with Gasteiger partial charge in [-0.1, -0.05) is 36.4 Å². The highest BCUT2D eigenvalue weighted by molar-refractivity contribution is 5.76. The molecule has 8 nitrogen and oxygen atoms in total. The lowest BCUT2D eigenvalue weighted by Gasteiger charge is -2.29. The van der Waals surface area contributed by atoms with Gasteiger partial charge in [-0.3, -0.25) is 4.79 Å². The summed E-state index contributed by atoms with van der Waals surface area (Å²) >= 11 is 0. The smallest absolute Gasteiger partial charge is 0.407 e. The van der Waals surface area contributed by atoms with Crippen molar-refractivity contribution in [1.82, 2.24) is 5.32 Å². The monoisotopic (exact) mass is 485 g/mol. The maximum Gasteiger partial charge on any atom is 0.407 e. The van der Waals surface area contributed by atoms with Crippen LogP contribution in [0.4, 0.5) is 4.79 Å². The third kappa shape index (κ3) is 6.59. The highest BCUT2D eigenvalue weighted by atomic mass is 16.6. The third-order valence-corrected chi connectivity index (χ3v) is 5.98. The van der Waals surface area contributed by atoms with Crippen LogP contribution >= 0.6 is 0 Å². The van der Waals surface area contributed by atoms with Gasteiger partial charge in [0.2, 0.25) is 5.75 Å². The van der Waals surface area contributed by atoms with E-state index in [9.17, 15) is 9.59 Å². The molecule has 1 aliphatic heterocycles. The van der Waals surface area contributed by atoms with Gasteiger partial charge in [0.15, 0.2) is 11.5 Å². The van der Waals surface area contributed by atoms with Crippen molar-refractivity contribution in [1.29, 1.82) is 0 Å². The summed E-state index contributed by atoms with van der Waals surface area (Å²) in [5.41, 5.74) is 1.18. The van der Waals surface area contributed by atoms with Gasteiger partial charge in [-0.2, -0.15) is 0 Å². The summed E-state index contributed by atoms with van der Waals surface area (Å²) in [7, 11) is 4.64. The normalized spacial score (nSPS) is 18.4. The first-order chi connectivity index (χ1) is 16.7. The van der Waals surface area contributed by atoms with Crippen molar-refractivity contribution in [3.8, 4) is 17.2 Å². The van der Waals surface area contributed by atoms with E-state index in [0.29, 0.717) is 30.1 Å². The van der Waals surface area contributed by atoms with Gasteiger partial charge >= 0.3 is 12.1 Å². The molecule has 0 saturated carbocycles. The van der Waals surface area contributed by atoms with Gasteiger partial charge in [0.25, 0.3) is 0 Å². The molecule has 0 spiro atoms. The molecule has 3 atom stereocenters. The summed E-state index contributed by atoms with van der Waals surface area (Å²) in [5.74, 6) is 0.426. The van der Waals surface area contributed by atoms with Gasteiger partial charge < -0.3 is 29.0 Å². The first-order valence-electron chi connectivity index (χ1n) is 11.6. The Morgan fingerprint density at radius 1 is 1.03 bits per heavy atom. The van der Waals surface area contributed by atoms with E-state index in [4.69, 9.17) is 23.7 Å². The highest BCUT2D eigenvalue weighted by Crippen LogP contribution is 2.42. The zero-order valence-corrected chi connectivity index (χ0v) is 21.3. The van der Waals surface area contributed by atoms with Crippen LogP contribution in [0, 0.1) is 11.8 Å². The molecule has 1 aliphatic rings. The molecule has 0 aliphatic carbocycles. The summed E-state index contributed by atoms with van der Waals surface area (Å²) in [4.78, 5) is 25.6. The van der Waals surface area contributed by atoms with Crippen molar-refractivity contribution < 1.29 is 33.3 Å². The van der Waals surface area contributed by atoms with E-state index in [1.807, 2.05) is 57.2 Å². The fourth-order valence-electron chi connectivity index (χ4n) is 4.40. The van der Waals surface area contributed by atoms with Gasteiger partial charge in [0, 0.05) is 12.0 Å². The van der Waals surface area contributed by atoms with Crippen LogP contribution in [0.1, 0.15) is 31.9 Å². The first-order valence-corrected chi connectivity index (χ1v) is 11.6. The summed E-state index contributed by atoms with van der Waals surface area (Å²) in [6.45, 7) is 5.64. The average molecular weight is 486 g/mol. The van der Waals surface area contributed by atoms with Gasteiger partial charge in [-0.05, 0) is 50.8 Å². The quantitative estimate of drug-likeness (QED) is 0.533. The van der Waals surface area contributed by atoms with E-state index in [1.54, 1.807) is 20.3 Å². The fraction of sp³-hybridized carbons (Fsp3) is 0.481. The number of esters is 1. The number of nitrogens with one attached hydrogen (secondary N) is 1. The minimum absolute atomic E-state index is 0.201. The van der Waals surface area contributed by atoms with E-state index in [1.165, 1.54) is 7.11 Å². The number of amides is 1. The lowest BCUT2D eigenvalue weighted by atomic mass is 9.81. The zero-order valence-electron chi connectivity index (χ0n) is 21.3. The van der Waals surface area contributed by atoms with Gasteiger partial charge in [0.1, 0.15) is 5.60 Å². The van der Waals surface area contributed by atoms with Gasteiger partial charge in [0.05, 0.1) is 33.9 Å². The molecule has 1 heterocycles. The molecule has 190 valence electrons. The number of ether oxygens (including phenoxy) is 5. The van der Waals surface area contributed by atoms with Crippen LogP contribution in [0.25, 0.3) is 0 Å². The van der Waals surface area contributed by atoms with Crippen molar-refractivity contribution in [2.24, 2.45) is 11.8 Å². The number of alkyl carbamates (subject to hydrolysis) is 1. The maximum absolute atomic E-state index is 12.9. The number of methoxy groups -OCH3 is 3. The number of carbonyl (C=O) groups excluding carboxylic acids is 2. The molecule has 8 heteroatoms. The molecule has 35 heavy (non-hydrogen) atoms. The van der Waals surface area contributed by atoms with Crippen LogP contribution in [0.5, 0.6) is 17.2 Å². The Labute approximate surface area is 206 Å². The van der Waals surface area contributed by atoms with Gasteiger partial charge in [-0.15, -0.1) is 0 Å². The van der Waals surface area contributed by atoms with Crippen molar-refractivity contribution in [2.75, 3.05) is 27.9 Å². The number of rotatable bonds is 9. The van der Waals surface area contributed by atoms with E-state index in [2.05, 4.69) is 5.32 Å². The predicted molar refractivity (Wildman–Crippen MR) is 131 cm³/mol. The highest BCUT2D eigenvalue weighted by Gasteiger charge is 2.43. The number of carbonyl (C=O) groups is 2. The minimum Gasteiger partial charge on any atom is -0.493 e. The SMILES string of the molecule is COc1ccc(C[C@H]2C(=O)OCC2[C@H](Cc2ccccc2)NC(=O)OC(C)(C)C)c(OC)c1OC. The maximum atomic E-state index is 12.9. The van der Waals surface area contributed by atoms with Crippen LogP contribution < -0.4 is 19.5 Å². The molecule has 1 unspecified atom stereocenters. The van der Waals surface area contributed by atoms with Crippen molar-refractivity contribution in [3.05, 3.63) is 53.6 Å². The second kappa shape index (κ2) is 11.3. The van der Waals surface area contributed by atoms with Crippen LogP contribution in [0.15, 0.2) is 42.5 Å². The average Bonchev–Trinajstić information content (AvgIpc) is 3.17. The summed E-state index contributed by atoms with van der Waals surface area (Å²) in [5, 5.41) is 3.00. The zero-order chi connectivity index (χ0) is 25.6. The van der Waals surface area contributed by atoms with E-state index < -0.39 is 17.6 Å². The molecule has 1 saturated heterocycles. The second-order valence-electron chi connectivity index (χ2n) is 9.54. The molecule has 0 radical (unpaired) electrons. The van der Waals surface area contributed by atoms with E-state index in [0.717, 1.165) is 11.1 Å². The minimum atomic E-state index is -0.643. The predicted octanol–water partition coefficient (Wildman–Crippen LogP) is 4.18. The Bertz CT molecular complexity index is 1020. The van der Waals surface area contributed by atoms with Crippen molar-refractivity contribution in [3.63, 3.8) is 0 Å². The number of hydrogen-bond donors (Lipinski definition) is 1. The topological polar surface area (TPSA) is 92.3 Å². The fourth-order valence-corrected chi connectivity index (χ4v) is 4.40. The number of benzene rings is 2. The molecule has 0 bridgehead atoms. The molecule has 1 N–H and O–H groups in total. The molecule has 2 aromatic rings. The van der Waals surface area contributed by atoms with Gasteiger partial charge in [-0.25, -0.2) is 4.79 Å². The van der Waals surface area contributed by atoms with Crippen LogP contribution in [-0.4, -0.2) is 51.6 Å². The van der Waals surface area contributed by atoms with Crippen LogP contribution in [0.3, 0.4) is 0 Å². The Kier molecular flexibility index (Phi) is 8.48. The Balaban J connectivity index is 1.91. The Hall–Kier alpha value is -3.42. The molecule has 0 aromatic heterocycles. The molecular weight excluding hydrogens is 450 g/mol. The van der Waals surface area contributed by atoms with Crippen molar-refractivity contribution >= 4 is 12.1 Å². The third-order valence-electron chi connectivity index (χ3n) is 5.98. The first kappa shape index (κ1) is 26.2. The summed E-state index contributed by atoms with van der Waals surface area (Å²) < 4.78 is 27.5. The molecule has 1 fully saturated rings. The Morgan fingerprint density at radius 3 is 2.31 bits per heavy atom. The van der Waals surface area contributed by atoms with Crippen LogP contribution in [-0.2, 0) is 27.1 Å². The lowest BCUT2D eigenvalue weighted by molar-refractivity contribution is -0.141. The second-order valence-corrected chi connectivity index (χ2v) is 9.54. The standard InChI is InChI=1S/C27H35NO7/c1-27(2,3)35-26(30)28-21(14-17-10-8-7-9-11-17)20-16-34-25(29)19(20)15-18-12-13-22(31-4)24(33-6)23(18)32-5/h7-13,19-21H,14-16H2,1-6H3,(H,28,30)/t19-,20?,21+/m1/s1. The van der Waals surface area contributed by atoms with Crippen LogP contribution in [0.2, 0.25) is 0 Å². The van der Waals surface area contributed by atoms with Crippen molar-refractivity contribution in [2.45, 2.75) is 45.3 Å².